The maximum atomic E-state index is 13.5. The molecule has 1 aliphatic carbocycles. The smallest absolute Gasteiger partial charge is 0.236 e. The molecule has 2 heterocycles. The molecule has 1 saturated carbocycles. The van der Waals surface area contributed by atoms with Crippen molar-refractivity contribution in [2.75, 3.05) is 21.9 Å². The molecule has 0 unspecified atom stereocenters. The van der Waals surface area contributed by atoms with Crippen molar-refractivity contribution >= 4 is 38.3 Å². The molecule has 5 rings (SSSR count). The van der Waals surface area contributed by atoms with Crippen LogP contribution in [0.5, 0.6) is 0 Å². The van der Waals surface area contributed by atoms with Crippen LogP contribution in [0.15, 0.2) is 48.5 Å². The first-order valence-corrected chi connectivity index (χ1v) is 12.0. The third-order valence-electron chi connectivity index (χ3n) is 6.38. The maximum absolute atomic E-state index is 13.5. The quantitative estimate of drug-likeness (QED) is 0.670. The van der Waals surface area contributed by atoms with Gasteiger partial charge in [-0.2, -0.15) is 5.10 Å². The molecule has 156 valence electrons. The van der Waals surface area contributed by atoms with E-state index in [2.05, 4.69) is 15.5 Å². The van der Waals surface area contributed by atoms with E-state index in [1.165, 1.54) is 4.31 Å². The van der Waals surface area contributed by atoms with Crippen molar-refractivity contribution in [3.05, 3.63) is 54.1 Å². The van der Waals surface area contributed by atoms with E-state index in [1.54, 1.807) is 12.1 Å². The molecule has 7 nitrogen and oxygen atoms in total. The van der Waals surface area contributed by atoms with Crippen LogP contribution in [0.4, 0.5) is 11.5 Å². The summed E-state index contributed by atoms with van der Waals surface area (Å²) < 4.78 is 26.0. The number of fused-ring (bicyclic) bond motifs is 1. The number of aromatic nitrogens is 2. The van der Waals surface area contributed by atoms with Crippen molar-refractivity contribution in [2.45, 2.75) is 37.5 Å². The molecule has 30 heavy (non-hydrogen) atoms. The average molecular weight is 425 g/mol. The first kappa shape index (κ1) is 19.1. The van der Waals surface area contributed by atoms with Crippen LogP contribution < -0.4 is 9.62 Å². The largest absolute Gasteiger partial charge is 0.308 e. The van der Waals surface area contributed by atoms with E-state index in [0.29, 0.717) is 29.9 Å². The minimum atomic E-state index is -3.27. The Balaban J connectivity index is 1.49. The molecule has 2 aromatic carbocycles. The van der Waals surface area contributed by atoms with E-state index < -0.39 is 15.4 Å². The van der Waals surface area contributed by atoms with Crippen LogP contribution in [0.3, 0.4) is 0 Å². The summed E-state index contributed by atoms with van der Waals surface area (Å²) in [6, 6.07) is 15.3. The highest BCUT2D eigenvalue weighted by molar-refractivity contribution is 7.93. The number of amides is 1. The molecule has 0 spiro atoms. The van der Waals surface area contributed by atoms with Gasteiger partial charge >= 0.3 is 0 Å². The Morgan fingerprint density at radius 2 is 1.83 bits per heavy atom. The number of anilines is 2. The van der Waals surface area contributed by atoms with E-state index in [0.717, 1.165) is 36.8 Å². The van der Waals surface area contributed by atoms with Gasteiger partial charge in [-0.25, -0.2) is 8.42 Å². The Kier molecular flexibility index (Phi) is 4.54. The van der Waals surface area contributed by atoms with E-state index in [1.807, 2.05) is 36.4 Å². The summed E-state index contributed by atoms with van der Waals surface area (Å²) in [4.78, 5) is 13.5. The number of nitrogens with zero attached hydrogens (tertiary/aromatic N) is 2. The number of rotatable bonds is 4. The summed E-state index contributed by atoms with van der Waals surface area (Å²) in [5.74, 6) is 0.550. The Bertz CT molecular complexity index is 1200. The van der Waals surface area contributed by atoms with Gasteiger partial charge in [0.05, 0.1) is 22.4 Å². The molecular weight excluding hydrogens is 400 g/mol. The third kappa shape index (κ3) is 3.06. The second kappa shape index (κ2) is 7.12. The number of carbonyl (C=O) groups excluding carboxylic acids is 1. The van der Waals surface area contributed by atoms with E-state index in [4.69, 9.17) is 0 Å². The van der Waals surface area contributed by atoms with Crippen molar-refractivity contribution in [1.82, 2.24) is 10.2 Å². The predicted molar refractivity (Wildman–Crippen MR) is 117 cm³/mol. The topological polar surface area (TPSA) is 95.2 Å². The Morgan fingerprint density at radius 1 is 1.07 bits per heavy atom. The normalized spacial score (nSPS) is 19.9. The molecule has 2 N–H and O–H groups in total. The summed E-state index contributed by atoms with van der Waals surface area (Å²) in [6.45, 7) is 0.477. The lowest BCUT2D eigenvalue weighted by molar-refractivity contribution is -0.121. The van der Waals surface area contributed by atoms with Crippen LogP contribution in [0, 0.1) is 0 Å². The Morgan fingerprint density at radius 3 is 2.53 bits per heavy atom. The van der Waals surface area contributed by atoms with Crippen LogP contribution in [0.1, 0.15) is 37.7 Å². The standard InChI is InChI=1S/C22H24N4O3S/c27-21(22(11-4-5-12-22)16-7-2-1-3-8-16)23-20-18-15-17(9-10-19(18)24-25-20)26-13-6-14-30(26,28)29/h1-3,7-10,15H,4-6,11-14H2,(H2,23,24,25,27). The molecule has 1 amide bonds. The maximum Gasteiger partial charge on any atom is 0.236 e. The summed E-state index contributed by atoms with van der Waals surface area (Å²) in [5, 5.41) is 11.0. The zero-order chi connectivity index (χ0) is 20.8. The zero-order valence-corrected chi connectivity index (χ0v) is 17.4. The molecular formula is C22H24N4O3S. The monoisotopic (exact) mass is 424 g/mol. The molecule has 3 aromatic rings. The van der Waals surface area contributed by atoms with Gasteiger partial charge in [0.2, 0.25) is 15.9 Å². The van der Waals surface area contributed by atoms with Gasteiger partial charge in [0.1, 0.15) is 0 Å². The summed E-state index contributed by atoms with van der Waals surface area (Å²) in [7, 11) is -3.27. The molecule has 1 aromatic heterocycles. The zero-order valence-electron chi connectivity index (χ0n) is 16.6. The first-order valence-electron chi connectivity index (χ1n) is 10.4. The molecule has 2 fully saturated rings. The number of hydrogen-bond donors (Lipinski definition) is 2. The molecule has 0 radical (unpaired) electrons. The number of aromatic amines is 1. The van der Waals surface area contributed by atoms with Crippen molar-refractivity contribution in [3.8, 4) is 0 Å². The number of benzene rings is 2. The van der Waals surface area contributed by atoms with E-state index in [-0.39, 0.29) is 11.7 Å². The van der Waals surface area contributed by atoms with E-state index in [9.17, 15) is 13.2 Å². The number of hydrogen-bond acceptors (Lipinski definition) is 4. The van der Waals surface area contributed by atoms with Gasteiger partial charge in [-0.1, -0.05) is 43.2 Å². The SMILES string of the molecule is O=C(Nc1n[nH]c2ccc(N3CCCS3(=O)=O)cc12)C1(c2ccccc2)CCCC1. The lowest BCUT2D eigenvalue weighted by Crippen LogP contribution is -2.38. The third-order valence-corrected chi connectivity index (χ3v) is 8.25. The van der Waals surface area contributed by atoms with Crippen LogP contribution in [-0.4, -0.2) is 36.8 Å². The lowest BCUT2D eigenvalue weighted by Gasteiger charge is -2.28. The van der Waals surface area contributed by atoms with Gasteiger partial charge in [0.15, 0.2) is 5.82 Å². The van der Waals surface area contributed by atoms with Crippen molar-refractivity contribution in [2.24, 2.45) is 0 Å². The molecule has 0 atom stereocenters. The second-order valence-electron chi connectivity index (χ2n) is 8.15. The first-order chi connectivity index (χ1) is 14.5. The van der Waals surface area contributed by atoms with Crippen molar-refractivity contribution < 1.29 is 13.2 Å². The molecule has 8 heteroatoms. The fourth-order valence-electron chi connectivity index (χ4n) is 4.79. The van der Waals surface area contributed by atoms with Gasteiger partial charge in [0.25, 0.3) is 0 Å². The summed E-state index contributed by atoms with van der Waals surface area (Å²) >= 11 is 0. The number of H-pyrrole nitrogens is 1. The predicted octanol–water partition coefficient (Wildman–Crippen LogP) is 3.55. The Labute approximate surface area is 175 Å². The minimum absolute atomic E-state index is 0.0567. The van der Waals surface area contributed by atoms with Gasteiger partial charge in [0, 0.05) is 11.9 Å². The van der Waals surface area contributed by atoms with Crippen LogP contribution in [-0.2, 0) is 20.2 Å². The van der Waals surface area contributed by atoms with Crippen LogP contribution in [0.2, 0.25) is 0 Å². The number of carbonyl (C=O) groups is 1. The fraction of sp³-hybridized carbons (Fsp3) is 0.364. The van der Waals surface area contributed by atoms with E-state index >= 15 is 0 Å². The van der Waals surface area contributed by atoms with Crippen LogP contribution in [0.25, 0.3) is 10.9 Å². The van der Waals surface area contributed by atoms with Crippen molar-refractivity contribution in [3.63, 3.8) is 0 Å². The molecule has 2 aliphatic rings. The minimum Gasteiger partial charge on any atom is -0.308 e. The second-order valence-corrected chi connectivity index (χ2v) is 10.2. The van der Waals surface area contributed by atoms with Crippen molar-refractivity contribution in [1.29, 1.82) is 0 Å². The fourth-order valence-corrected chi connectivity index (χ4v) is 6.35. The number of nitrogens with one attached hydrogen (secondary N) is 2. The van der Waals surface area contributed by atoms with Crippen LogP contribution >= 0.6 is 0 Å². The summed E-state index contributed by atoms with van der Waals surface area (Å²) in [5.41, 5.74) is 1.84. The van der Waals surface area contributed by atoms with Gasteiger partial charge in [-0.15, -0.1) is 0 Å². The highest BCUT2D eigenvalue weighted by Crippen LogP contribution is 2.42. The highest BCUT2D eigenvalue weighted by atomic mass is 32.2. The van der Waals surface area contributed by atoms with Gasteiger partial charge in [-0.05, 0) is 43.0 Å². The number of sulfonamides is 1. The van der Waals surface area contributed by atoms with Gasteiger partial charge in [-0.3, -0.25) is 14.2 Å². The molecule has 0 bridgehead atoms. The average Bonchev–Trinajstić information content (AvgIpc) is 3.47. The Hall–Kier alpha value is -2.87. The molecule has 1 saturated heterocycles. The lowest BCUT2D eigenvalue weighted by atomic mass is 9.78. The van der Waals surface area contributed by atoms with Gasteiger partial charge < -0.3 is 5.32 Å². The summed E-state index contributed by atoms with van der Waals surface area (Å²) in [6.07, 6.45) is 4.26. The molecule has 1 aliphatic heterocycles. The highest BCUT2D eigenvalue weighted by Gasteiger charge is 2.43.